The molecular weight excluding hydrogens is 498 g/mol. The quantitative estimate of drug-likeness (QED) is 0.537. The predicted octanol–water partition coefficient (Wildman–Crippen LogP) is 3.55. The summed E-state index contributed by atoms with van der Waals surface area (Å²) in [6, 6.07) is 8.76. The lowest BCUT2D eigenvalue weighted by molar-refractivity contribution is -0.158. The van der Waals surface area contributed by atoms with Crippen LogP contribution in [-0.2, 0) is 19.1 Å². The van der Waals surface area contributed by atoms with E-state index in [2.05, 4.69) is 6.07 Å². The van der Waals surface area contributed by atoms with E-state index >= 15 is 0 Å². The molecule has 2 saturated heterocycles. The number of amides is 3. The number of hydrogen-bond acceptors (Lipinski definition) is 8. The van der Waals surface area contributed by atoms with Gasteiger partial charge in [0.15, 0.2) is 0 Å². The van der Waals surface area contributed by atoms with Gasteiger partial charge in [0.25, 0.3) is 0 Å². The summed E-state index contributed by atoms with van der Waals surface area (Å²) in [6.45, 7) is 5.51. The summed E-state index contributed by atoms with van der Waals surface area (Å²) < 4.78 is 17.6. The van der Waals surface area contributed by atoms with Gasteiger partial charge in [-0.2, -0.15) is 5.26 Å². The van der Waals surface area contributed by atoms with Crippen molar-refractivity contribution in [1.82, 2.24) is 9.80 Å². The van der Waals surface area contributed by atoms with Gasteiger partial charge in [0.1, 0.15) is 28.8 Å². The Morgan fingerprint density at radius 2 is 1.97 bits per heavy atom. The Bertz CT molecular complexity index is 1160. The molecule has 4 rings (SSSR count). The number of carboxylic acid groups (broad SMARTS) is 1. The van der Waals surface area contributed by atoms with Crippen LogP contribution in [0, 0.1) is 17.2 Å². The smallest absolute Gasteiger partial charge is 0.329 e. The standard InChI is InChI=1S/C26H31N3O7S/c1-15-20(13-27)37-23-21(15)22(30)29(26(2,3)24(31)32)25(33)28(23)14-19(36-16-9-11-35-12-10-16)17-7-5-6-8-18(17)34-4/h5-8,16,19,21,23H,9-12,14H2,1-4H3,(H,31,32)/t19-,21?,23?/m0/s1. The molecule has 3 aliphatic rings. The van der Waals surface area contributed by atoms with Crippen molar-refractivity contribution in [2.24, 2.45) is 5.92 Å². The van der Waals surface area contributed by atoms with E-state index in [9.17, 15) is 24.8 Å². The van der Waals surface area contributed by atoms with Gasteiger partial charge in [0.2, 0.25) is 5.91 Å². The maximum absolute atomic E-state index is 13.9. The fraction of sp³-hybridized carbons (Fsp3) is 0.538. The van der Waals surface area contributed by atoms with Gasteiger partial charge < -0.3 is 24.2 Å². The van der Waals surface area contributed by atoms with Gasteiger partial charge in [-0.05, 0) is 45.3 Å². The lowest BCUT2D eigenvalue weighted by Gasteiger charge is -2.47. The lowest BCUT2D eigenvalue weighted by atomic mass is 9.91. The first kappa shape index (κ1) is 27.0. The largest absolute Gasteiger partial charge is 0.496 e. The maximum atomic E-state index is 13.9. The van der Waals surface area contributed by atoms with Crippen molar-refractivity contribution in [3.8, 4) is 11.8 Å². The molecule has 3 heterocycles. The number of imide groups is 1. The summed E-state index contributed by atoms with van der Waals surface area (Å²) in [4.78, 5) is 42.2. The second-order valence-corrected chi connectivity index (χ2v) is 10.9. The van der Waals surface area contributed by atoms with E-state index in [0.29, 0.717) is 42.3 Å². The first-order valence-corrected chi connectivity index (χ1v) is 13.0. The maximum Gasteiger partial charge on any atom is 0.329 e. The summed E-state index contributed by atoms with van der Waals surface area (Å²) in [5.74, 6) is -2.17. The molecule has 0 saturated carbocycles. The molecule has 0 spiro atoms. The molecule has 198 valence electrons. The Labute approximate surface area is 220 Å². The van der Waals surface area contributed by atoms with Crippen LogP contribution in [-0.4, -0.2) is 76.7 Å². The zero-order chi connectivity index (χ0) is 26.9. The summed E-state index contributed by atoms with van der Waals surface area (Å²) >= 11 is 1.15. The Balaban J connectivity index is 1.76. The van der Waals surface area contributed by atoms with E-state index in [1.54, 1.807) is 14.0 Å². The van der Waals surface area contributed by atoms with Crippen LogP contribution in [0.4, 0.5) is 4.79 Å². The highest BCUT2D eigenvalue weighted by molar-refractivity contribution is 8.04. The molecule has 11 heteroatoms. The molecule has 2 unspecified atom stereocenters. The average molecular weight is 530 g/mol. The van der Waals surface area contributed by atoms with Crippen molar-refractivity contribution in [1.29, 1.82) is 5.26 Å². The molecule has 0 bridgehead atoms. The number of para-hydroxylation sites is 1. The molecule has 0 aliphatic carbocycles. The Kier molecular flexibility index (Phi) is 7.83. The molecule has 0 aromatic heterocycles. The van der Waals surface area contributed by atoms with Crippen LogP contribution in [0.25, 0.3) is 0 Å². The number of nitrogens with zero attached hydrogens (tertiary/aromatic N) is 3. The normalized spacial score (nSPS) is 23.6. The highest BCUT2D eigenvalue weighted by Gasteiger charge is 2.57. The van der Waals surface area contributed by atoms with Crippen LogP contribution in [0.2, 0.25) is 0 Å². The van der Waals surface area contributed by atoms with E-state index < -0.39 is 40.8 Å². The zero-order valence-corrected chi connectivity index (χ0v) is 22.1. The third kappa shape index (κ3) is 4.93. The van der Waals surface area contributed by atoms with E-state index in [-0.39, 0.29) is 12.6 Å². The Morgan fingerprint density at radius 1 is 1.30 bits per heavy atom. The van der Waals surface area contributed by atoms with Crippen LogP contribution in [0.15, 0.2) is 34.7 Å². The van der Waals surface area contributed by atoms with Crippen molar-refractivity contribution in [2.45, 2.75) is 56.7 Å². The summed E-state index contributed by atoms with van der Waals surface area (Å²) in [5, 5.41) is 18.9. The summed E-state index contributed by atoms with van der Waals surface area (Å²) in [6.07, 6.45) is 0.643. The topological polar surface area (TPSA) is 129 Å². The third-order valence-corrected chi connectivity index (χ3v) is 8.55. The van der Waals surface area contributed by atoms with Crippen molar-refractivity contribution >= 4 is 29.7 Å². The number of thioether (sulfide) groups is 1. The number of hydrogen-bond donors (Lipinski definition) is 1. The van der Waals surface area contributed by atoms with E-state index in [0.717, 1.165) is 22.2 Å². The molecule has 2 fully saturated rings. The fourth-order valence-corrected chi connectivity index (χ4v) is 6.30. The number of nitriles is 1. The highest BCUT2D eigenvalue weighted by atomic mass is 32.2. The van der Waals surface area contributed by atoms with Gasteiger partial charge in [0.05, 0.1) is 30.6 Å². The monoisotopic (exact) mass is 529 g/mol. The van der Waals surface area contributed by atoms with Crippen molar-refractivity contribution < 1.29 is 33.7 Å². The number of aliphatic carboxylic acids is 1. The van der Waals surface area contributed by atoms with Gasteiger partial charge >= 0.3 is 12.0 Å². The molecule has 3 atom stereocenters. The first-order chi connectivity index (χ1) is 17.6. The van der Waals surface area contributed by atoms with Gasteiger partial charge in [-0.1, -0.05) is 30.0 Å². The summed E-state index contributed by atoms with van der Waals surface area (Å²) in [5.41, 5.74) is -0.528. The molecule has 3 aliphatic heterocycles. The minimum absolute atomic E-state index is 0.0379. The van der Waals surface area contributed by atoms with Gasteiger partial charge in [0, 0.05) is 18.8 Å². The Morgan fingerprint density at radius 3 is 2.59 bits per heavy atom. The lowest BCUT2D eigenvalue weighted by Crippen LogP contribution is -2.67. The predicted molar refractivity (Wildman–Crippen MR) is 135 cm³/mol. The number of urea groups is 1. The summed E-state index contributed by atoms with van der Waals surface area (Å²) in [7, 11) is 1.56. The molecule has 37 heavy (non-hydrogen) atoms. The number of ether oxygens (including phenoxy) is 3. The number of carboxylic acids is 1. The molecular formula is C26H31N3O7S. The van der Waals surface area contributed by atoms with Crippen LogP contribution >= 0.6 is 11.8 Å². The molecule has 10 nitrogen and oxygen atoms in total. The van der Waals surface area contributed by atoms with Crippen LogP contribution < -0.4 is 4.74 Å². The number of allylic oxidation sites excluding steroid dienone is 1. The minimum Gasteiger partial charge on any atom is -0.496 e. The highest BCUT2D eigenvalue weighted by Crippen LogP contribution is 2.48. The Hall–Kier alpha value is -3.07. The second-order valence-electron chi connectivity index (χ2n) is 9.76. The fourth-order valence-electron chi connectivity index (χ4n) is 4.94. The number of carbonyl (C=O) groups is 3. The van der Waals surface area contributed by atoms with Crippen LogP contribution in [0.5, 0.6) is 5.75 Å². The van der Waals surface area contributed by atoms with Crippen LogP contribution in [0.1, 0.15) is 45.3 Å². The number of benzene rings is 1. The van der Waals surface area contributed by atoms with Gasteiger partial charge in [-0.25, -0.2) is 14.5 Å². The second kappa shape index (κ2) is 10.7. The minimum atomic E-state index is -1.79. The van der Waals surface area contributed by atoms with E-state index in [1.165, 1.54) is 18.7 Å². The molecule has 1 aromatic carbocycles. The van der Waals surface area contributed by atoms with Gasteiger partial charge in [-0.15, -0.1) is 0 Å². The SMILES string of the molecule is COc1ccccc1[C@H](CN1C(=O)N(C(C)(C)C(=O)O)C(=O)C2C(C)=C(C#N)SC21)OC1CCOCC1. The van der Waals surface area contributed by atoms with Crippen LogP contribution in [0.3, 0.4) is 0 Å². The van der Waals surface area contributed by atoms with Crippen molar-refractivity contribution in [3.63, 3.8) is 0 Å². The molecule has 0 radical (unpaired) electrons. The third-order valence-electron chi connectivity index (χ3n) is 7.14. The average Bonchev–Trinajstić information content (AvgIpc) is 3.22. The number of methoxy groups -OCH3 is 1. The molecule has 3 amide bonds. The number of rotatable bonds is 8. The zero-order valence-electron chi connectivity index (χ0n) is 21.3. The number of fused-ring (bicyclic) bond motifs is 1. The van der Waals surface area contributed by atoms with Gasteiger partial charge in [-0.3, -0.25) is 4.79 Å². The molecule has 1 N–H and O–H groups in total. The van der Waals surface area contributed by atoms with Crippen molar-refractivity contribution in [2.75, 3.05) is 26.9 Å². The molecule has 1 aromatic rings. The number of carbonyl (C=O) groups excluding carboxylic acids is 2. The van der Waals surface area contributed by atoms with Crippen molar-refractivity contribution in [3.05, 3.63) is 40.3 Å². The van der Waals surface area contributed by atoms with E-state index in [1.807, 2.05) is 24.3 Å². The van der Waals surface area contributed by atoms with E-state index in [4.69, 9.17) is 14.2 Å². The first-order valence-electron chi connectivity index (χ1n) is 12.1.